The molecule has 1 atom stereocenters. The van der Waals surface area contributed by atoms with Crippen molar-refractivity contribution in [2.75, 3.05) is 19.1 Å². The maximum atomic E-state index is 12.6. The van der Waals surface area contributed by atoms with Crippen molar-refractivity contribution >= 4 is 17.7 Å². The third-order valence-corrected chi connectivity index (χ3v) is 4.79. The fourth-order valence-electron chi connectivity index (χ4n) is 2.60. The van der Waals surface area contributed by atoms with Crippen LogP contribution in [0.5, 0.6) is 0 Å². The summed E-state index contributed by atoms with van der Waals surface area (Å²) in [6, 6.07) is 2.53. The second-order valence-electron chi connectivity index (χ2n) is 5.33. The summed E-state index contributed by atoms with van der Waals surface area (Å²) in [5.41, 5.74) is -0.752. The Balaban J connectivity index is 2.80. The van der Waals surface area contributed by atoms with Gasteiger partial charge in [0.1, 0.15) is 5.41 Å². The molecule has 1 aliphatic carbocycles. The number of carbonyl (C=O) groups excluding carboxylic acids is 1. The Morgan fingerprint density at radius 1 is 1.39 bits per heavy atom. The highest BCUT2D eigenvalue weighted by molar-refractivity contribution is 7.98. The molecule has 0 aliphatic heterocycles. The first-order valence-corrected chi connectivity index (χ1v) is 8.14. The monoisotopic (exact) mass is 268 g/mol. The van der Waals surface area contributed by atoms with E-state index in [0.717, 1.165) is 44.3 Å². The van der Waals surface area contributed by atoms with E-state index in [2.05, 4.69) is 13.0 Å². The van der Waals surface area contributed by atoms with Crippen LogP contribution in [0.25, 0.3) is 0 Å². The number of amides is 1. The van der Waals surface area contributed by atoms with E-state index in [1.54, 1.807) is 16.7 Å². The molecule has 3 nitrogen and oxygen atoms in total. The van der Waals surface area contributed by atoms with Crippen molar-refractivity contribution in [3.63, 3.8) is 0 Å². The number of rotatable bonds is 4. The van der Waals surface area contributed by atoms with E-state index in [9.17, 15) is 10.1 Å². The molecular formula is C14H24N2OS. The molecule has 1 unspecified atom stereocenters. The number of nitriles is 1. The average Bonchev–Trinajstić information content (AvgIpc) is 2.63. The van der Waals surface area contributed by atoms with Gasteiger partial charge in [-0.05, 0) is 26.0 Å². The lowest BCUT2D eigenvalue weighted by Crippen LogP contribution is -2.46. The largest absolute Gasteiger partial charge is 0.341 e. The molecule has 1 saturated carbocycles. The summed E-state index contributed by atoms with van der Waals surface area (Å²) in [5, 5.41) is 9.49. The molecule has 1 amide bonds. The van der Waals surface area contributed by atoms with E-state index in [-0.39, 0.29) is 11.9 Å². The van der Waals surface area contributed by atoms with E-state index >= 15 is 0 Å². The van der Waals surface area contributed by atoms with Crippen LogP contribution in [-0.2, 0) is 4.79 Å². The molecule has 0 bridgehead atoms. The third kappa shape index (κ3) is 3.41. The first-order chi connectivity index (χ1) is 8.57. The van der Waals surface area contributed by atoms with Gasteiger partial charge >= 0.3 is 0 Å². The Labute approximate surface area is 115 Å². The van der Waals surface area contributed by atoms with Crippen LogP contribution in [-0.4, -0.2) is 35.9 Å². The topological polar surface area (TPSA) is 44.1 Å². The summed E-state index contributed by atoms with van der Waals surface area (Å²) in [7, 11) is 1.84. The van der Waals surface area contributed by atoms with E-state index in [0.29, 0.717) is 0 Å². The molecule has 1 rings (SSSR count). The van der Waals surface area contributed by atoms with Crippen LogP contribution in [0.1, 0.15) is 45.4 Å². The van der Waals surface area contributed by atoms with Crippen molar-refractivity contribution in [1.82, 2.24) is 4.90 Å². The van der Waals surface area contributed by atoms with E-state index in [4.69, 9.17) is 0 Å². The van der Waals surface area contributed by atoms with Crippen LogP contribution in [0.4, 0.5) is 0 Å². The first-order valence-electron chi connectivity index (χ1n) is 6.75. The number of hydrogen-bond donors (Lipinski definition) is 0. The Bertz CT molecular complexity index is 316. The first kappa shape index (κ1) is 15.4. The van der Waals surface area contributed by atoms with Crippen LogP contribution in [0.15, 0.2) is 0 Å². The van der Waals surface area contributed by atoms with Gasteiger partial charge < -0.3 is 4.90 Å². The predicted octanol–water partition coefficient (Wildman–Crippen LogP) is 3.06. The van der Waals surface area contributed by atoms with Crippen LogP contribution < -0.4 is 0 Å². The van der Waals surface area contributed by atoms with Gasteiger partial charge in [0.25, 0.3) is 0 Å². The van der Waals surface area contributed by atoms with Crippen molar-refractivity contribution in [1.29, 1.82) is 5.26 Å². The number of thioether (sulfide) groups is 1. The molecule has 0 aromatic carbocycles. The average molecular weight is 268 g/mol. The van der Waals surface area contributed by atoms with Crippen molar-refractivity contribution in [2.45, 2.75) is 51.5 Å². The van der Waals surface area contributed by atoms with Gasteiger partial charge in [-0.1, -0.05) is 25.7 Å². The zero-order valence-electron chi connectivity index (χ0n) is 11.7. The lowest BCUT2D eigenvalue weighted by Gasteiger charge is -2.33. The zero-order chi connectivity index (χ0) is 13.6. The van der Waals surface area contributed by atoms with Crippen molar-refractivity contribution in [3.8, 4) is 6.07 Å². The molecule has 1 aliphatic rings. The summed E-state index contributed by atoms with van der Waals surface area (Å²) in [6.07, 6.45) is 7.83. The minimum atomic E-state index is -0.752. The van der Waals surface area contributed by atoms with Crippen molar-refractivity contribution < 1.29 is 4.79 Å². The second kappa shape index (κ2) is 7.04. The van der Waals surface area contributed by atoms with Crippen molar-refractivity contribution in [2.24, 2.45) is 5.41 Å². The van der Waals surface area contributed by atoms with Crippen molar-refractivity contribution in [3.05, 3.63) is 0 Å². The fourth-order valence-corrected chi connectivity index (χ4v) is 3.30. The summed E-state index contributed by atoms with van der Waals surface area (Å²) < 4.78 is 0. The molecule has 0 aromatic rings. The summed E-state index contributed by atoms with van der Waals surface area (Å²) >= 11 is 1.74. The highest BCUT2D eigenvalue weighted by Crippen LogP contribution is 2.36. The number of carbonyl (C=O) groups is 1. The van der Waals surface area contributed by atoms with Crippen LogP contribution >= 0.6 is 11.8 Å². The van der Waals surface area contributed by atoms with Gasteiger partial charge in [-0.2, -0.15) is 17.0 Å². The Morgan fingerprint density at radius 2 is 1.94 bits per heavy atom. The smallest absolute Gasteiger partial charge is 0.243 e. The highest BCUT2D eigenvalue weighted by Gasteiger charge is 2.41. The van der Waals surface area contributed by atoms with Gasteiger partial charge in [0.05, 0.1) is 6.07 Å². The molecule has 0 heterocycles. The van der Waals surface area contributed by atoms with Gasteiger partial charge in [-0.25, -0.2) is 0 Å². The maximum Gasteiger partial charge on any atom is 0.243 e. The summed E-state index contributed by atoms with van der Waals surface area (Å²) in [6.45, 7) is 2.05. The molecule has 0 saturated heterocycles. The third-order valence-electron chi connectivity index (χ3n) is 3.97. The lowest BCUT2D eigenvalue weighted by atomic mass is 9.80. The summed E-state index contributed by atoms with van der Waals surface area (Å²) in [5.74, 6) is 0.956. The molecule has 0 aromatic heterocycles. The van der Waals surface area contributed by atoms with E-state index in [1.165, 1.54) is 0 Å². The molecule has 0 spiro atoms. The molecule has 0 N–H and O–H groups in total. The second-order valence-corrected chi connectivity index (χ2v) is 6.24. The lowest BCUT2D eigenvalue weighted by molar-refractivity contribution is -0.139. The zero-order valence-corrected chi connectivity index (χ0v) is 12.6. The molecule has 18 heavy (non-hydrogen) atoms. The van der Waals surface area contributed by atoms with Gasteiger partial charge in [0.15, 0.2) is 0 Å². The quantitative estimate of drug-likeness (QED) is 0.736. The fraction of sp³-hybridized carbons (Fsp3) is 0.857. The molecular weight excluding hydrogens is 244 g/mol. The van der Waals surface area contributed by atoms with Crippen LogP contribution in [0.3, 0.4) is 0 Å². The SMILES string of the molecule is CSCC(C)N(C)C(=O)C1(C#N)CCCCCC1. The number of nitrogens with zero attached hydrogens (tertiary/aromatic N) is 2. The van der Waals surface area contributed by atoms with Crippen LogP contribution in [0.2, 0.25) is 0 Å². The standard InChI is InChI=1S/C14H24N2OS/c1-12(10-18-3)16(2)13(17)14(11-15)8-6-4-5-7-9-14/h12H,4-10H2,1-3H3. The van der Waals surface area contributed by atoms with Gasteiger partial charge in [-0.3, -0.25) is 4.79 Å². The Morgan fingerprint density at radius 3 is 2.39 bits per heavy atom. The molecule has 102 valence electrons. The molecule has 0 radical (unpaired) electrons. The minimum Gasteiger partial charge on any atom is -0.341 e. The van der Waals surface area contributed by atoms with Gasteiger partial charge in [0.2, 0.25) is 5.91 Å². The normalized spacial score (nSPS) is 20.6. The molecule has 4 heteroatoms. The maximum absolute atomic E-state index is 12.6. The Kier molecular flexibility index (Phi) is 6.01. The minimum absolute atomic E-state index is 0.0356. The van der Waals surface area contributed by atoms with Gasteiger partial charge in [0, 0.05) is 18.8 Å². The van der Waals surface area contributed by atoms with Crippen LogP contribution in [0, 0.1) is 16.7 Å². The highest BCUT2D eigenvalue weighted by atomic mass is 32.2. The van der Waals surface area contributed by atoms with Gasteiger partial charge in [-0.15, -0.1) is 0 Å². The summed E-state index contributed by atoms with van der Waals surface area (Å²) in [4.78, 5) is 14.4. The van der Waals surface area contributed by atoms with E-state index in [1.807, 2.05) is 13.3 Å². The van der Waals surface area contributed by atoms with E-state index < -0.39 is 5.41 Å². The molecule has 1 fully saturated rings. The Hall–Kier alpha value is -0.690. The predicted molar refractivity (Wildman–Crippen MR) is 76.4 cm³/mol. The number of hydrogen-bond acceptors (Lipinski definition) is 3.